The Morgan fingerprint density at radius 2 is 2.15 bits per heavy atom. The normalized spacial score (nSPS) is 36.5. The van der Waals surface area contributed by atoms with E-state index in [1.165, 1.54) is 4.68 Å². The Bertz CT molecular complexity index is 545. The third-order valence-corrected chi connectivity index (χ3v) is 3.60. The number of rotatable bonds is 2. The fourth-order valence-electron chi connectivity index (χ4n) is 2.52. The number of hydrogen-bond acceptors (Lipinski definition) is 7. The van der Waals surface area contributed by atoms with Crippen LogP contribution < -0.4 is 5.43 Å². The molecule has 2 aliphatic heterocycles. The minimum Gasteiger partial charge on any atom is -0.394 e. The van der Waals surface area contributed by atoms with Gasteiger partial charge in [-0.25, -0.2) is 4.98 Å². The number of imidazole rings is 1. The maximum Gasteiger partial charge on any atom is 0.314 e. The molecule has 9 heteroatoms. The summed E-state index contributed by atoms with van der Waals surface area (Å²) in [6, 6.07) is 0. The number of fused-ring (bicyclic) bond motifs is 1. The first-order valence-electron chi connectivity index (χ1n) is 6.24. The molecule has 0 aromatic carbocycles. The average Bonchev–Trinajstić information content (AvgIpc) is 2.93. The van der Waals surface area contributed by atoms with Gasteiger partial charge < -0.3 is 29.7 Å². The number of nitrogens with one attached hydrogen (secondary N) is 1. The minimum atomic E-state index is -1.21. The van der Waals surface area contributed by atoms with Crippen LogP contribution in [0, 0.1) is 0 Å². The predicted octanol–water partition coefficient (Wildman–Crippen LogP) is -3.20. The highest BCUT2D eigenvalue weighted by Crippen LogP contribution is 2.24. The maximum absolute atomic E-state index is 10.1. The second-order valence-corrected chi connectivity index (χ2v) is 4.92. The quantitative estimate of drug-likeness (QED) is 0.363. The van der Waals surface area contributed by atoms with E-state index in [9.17, 15) is 15.3 Å². The van der Waals surface area contributed by atoms with Crippen molar-refractivity contribution in [1.29, 1.82) is 0 Å². The topological polar surface area (TPSA) is 123 Å². The number of hydrazine groups is 1. The molecule has 1 saturated heterocycles. The van der Waals surface area contributed by atoms with E-state index >= 15 is 0 Å². The number of aryl methyl sites for hydroxylation is 1. The van der Waals surface area contributed by atoms with E-state index in [1.54, 1.807) is 24.2 Å². The standard InChI is InChI=1S/C11H17N4O5/c1-14-4-12-5-2-15(13-10(19)7(5)14)11-9(18)8(17)6(3-16)20-11/h2,4,6,8-11,13,16-19H,3H2,1H3/q+1/t6-,8-,9-,10?,11-/m1/s1. The highest BCUT2D eigenvalue weighted by molar-refractivity contribution is 5.75. The van der Waals surface area contributed by atoms with Crippen molar-refractivity contribution in [2.45, 2.75) is 30.8 Å². The van der Waals surface area contributed by atoms with Crippen LogP contribution in [-0.2, 0) is 11.8 Å². The summed E-state index contributed by atoms with van der Waals surface area (Å²) in [7, 11) is 1.76. The second-order valence-electron chi connectivity index (χ2n) is 4.92. The van der Waals surface area contributed by atoms with E-state index < -0.39 is 37.4 Å². The lowest BCUT2D eigenvalue weighted by atomic mass is 10.1. The molecule has 0 spiro atoms. The predicted molar refractivity (Wildman–Crippen MR) is 64.5 cm³/mol. The lowest BCUT2D eigenvalue weighted by molar-refractivity contribution is -0.675. The zero-order valence-corrected chi connectivity index (χ0v) is 10.8. The molecule has 0 amide bonds. The molecule has 0 radical (unpaired) electrons. The van der Waals surface area contributed by atoms with Crippen LogP contribution in [0.5, 0.6) is 0 Å². The SMILES string of the molecule is Cn1cnc2c1C(O)N[N+]([C@@H]1O[C@H](CO)[C@@H](O)[C@H]1O)=C2. The van der Waals surface area contributed by atoms with Gasteiger partial charge in [-0.3, -0.25) is 0 Å². The first-order valence-corrected chi connectivity index (χ1v) is 6.24. The molecule has 5 atom stereocenters. The molecule has 1 fully saturated rings. The number of aliphatic hydroxyl groups is 4. The van der Waals surface area contributed by atoms with E-state index in [0.29, 0.717) is 11.4 Å². The van der Waals surface area contributed by atoms with Gasteiger partial charge in [0.25, 0.3) is 0 Å². The summed E-state index contributed by atoms with van der Waals surface area (Å²) in [4.78, 5) is 4.13. The monoisotopic (exact) mass is 285 g/mol. The van der Waals surface area contributed by atoms with Crippen molar-refractivity contribution in [3.05, 3.63) is 17.7 Å². The second kappa shape index (κ2) is 4.79. The molecule has 2 aliphatic rings. The molecule has 1 aromatic heterocycles. The van der Waals surface area contributed by atoms with E-state index in [-0.39, 0.29) is 0 Å². The molecule has 0 bridgehead atoms. The molecule has 0 saturated carbocycles. The maximum atomic E-state index is 10.1. The molecule has 1 aromatic rings. The minimum absolute atomic E-state index is 0.403. The van der Waals surface area contributed by atoms with Crippen molar-refractivity contribution in [2.24, 2.45) is 7.05 Å². The number of hydrogen-bond donors (Lipinski definition) is 5. The summed E-state index contributed by atoms with van der Waals surface area (Å²) in [6.45, 7) is -0.403. The summed E-state index contributed by atoms with van der Waals surface area (Å²) in [5, 5.41) is 38.8. The molecular weight excluding hydrogens is 268 g/mol. The van der Waals surface area contributed by atoms with E-state index in [1.807, 2.05) is 0 Å². The molecule has 20 heavy (non-hydrogen) atoms. The van der Waals surface area contributed by atoms with Crippen molar-refractivity contribution >= 4 is 6.21 Å². The fourth-order valence-corrected chi connectivity index (χ4v) is 2.52. The Morgan fingerprint density at radius 3 is 2.80 bits per heavy atom. The van der Waals surface area contributed by atoms with Crippen molar-refractivity contribution in [1.82, 2.24) is 15.0 Å². The molecule has 3 heterocycles. The number of ether oxygens (including phenoxy) is 1. The van der Waals surface area contributed by atoms with Gasteiger partial charge >= 0.3 is 6.23 Å². The largest absolute Gasteiger partial charge is 0.394 e. The number of aliphatic hydroxyl groups excluding tert-OH is 4. The summed E-state index contributed by atoms with van der Waals surface area (Å²) >= 11 is 0. The van der Waals surface area contributed by atoms with E-state index in [0.717, 1.165) is 0 Å². The van der Waals surface area contributed by atoms with Gasteiger partial charge in [-0.2, -0.15) is 5.43 Å². The van der Waals surface area contributed by atoms with Gasteiger partial charge in [-0.1, -0.05) is 4.68 Å². The molecule has 5 N–H and O–H groups in total. The van der Waals surface area contributed by atoms with E-state index in [4.69, 9.17) is 9.84 Å². The van der Waals surface area contributed by atoms with Crippen molar-refractivity contribution in [3.8, 4) is 0 Å². The van der Waals surface area contributed by atoms with Gasteiger partial charge in [0.05, 0.1) is 12.9 Å². The number of hydrazone groups is 1. The fraction of sp³-hybridized carbons (Fsp3) is 0.636. The summed E-state index contributed by atoms with van der Waals surface area (Å²) in [5.41, 5.74) is 3.86. The van der Waals surface area contributed by atoms with Crippen molar-refractivity contribution < 1.29 is 29.8 Å². The lowest BCUT2D eigenvalue weighted by Gasteiger charge is -2.21. The smallest absolute Gasteiger partial charge is 0.314 e. The molecule has 1 unspecified atom stereocenters. The Balaban J connectivity index is 1.91. The highest BCUT2D eigenvalue weighted by Gasteiger charge is 2.50. The van der Waals surface area contributed by atoms with Gasteiger partial charge in [0, 0.05) is 7.05 Å². The van der Waals surface area contributed by atoms with Crippen molar-refractivity contribution in [3.63, 3.8) is 0 Å². The molecule has 110 valence electrons. The van der Waals surface area contributed by atoms with Gasteiger partial charge in [-0.05, 0) is 0 Å². The van der Waals surface area contributed by atoms with Gasteiger partial charge in [-0.15, -0.1) is 0 Å². The summed E-state index contributed by atoms with van der Waals surface area (Å²) in [5.74, 6) is 0. The van der Waals surface area contributed by atoms with Gasteiger partial charge in [0.1, 0.15) is 17.9 Å². The third-order valence-electron chi connectivity index (χ3n) is 3.60. The number of nitrogens with zero attached hydrogens (tertiary/aromatic N) is 3. The van der Waals surface area contributed by atoms with Crippen LogP contribution >= 0.6 is 0 Å². The van der Waals surface area contributed by atoms with Crippen LogP contribution in [0.2, 0.25) is 0 Å². The Hall–Kier alpha value is -1.52. The van der Waals surface area contributed by atoms with Crippen LogP contribution in [0.3, 0.4) is 0 Å². The Morgan fingerprint density at radius 1 is 1.40 bits per heavy atom. The van der Waals surface area contributed by atoms with Crippen LogP contribution in [0.25, 0.3) is 0 Å². The first-order chi connectivity index (χ1) is 9.52. The van der Waals surface area contributed by atoms with Crippen LogP contribution in [0.1, 0.15) is 17.6 Å². The molecule has 3 rings (SSSR count). The van der Waals surface area contributed by atoms with E-state index in [2.05, 4.69) is 10.4 Å². The highest BCUT2D eigenvalue weighted by atomic mass is 16.6. The zero-order chi connectivity index (χ0) is 14.4. The first kappa shape index (κ1) is 13.5. The summed E-state index contributed by atoms with van der Waals surface area (Å²) < 4.78 is 8.41. The van der Waals surface area contributed by atoms with Crippen LogP contribution in [-0.4, -0.2) is 72.0 Å². The number of aromatic nitrogens is 2. The molecule has 0 aliphatic carbocycles. The Kier molecular flexibility index (Phi) is 3.22. The van der Waals surface area contributed by atoms with Gasteiger partial charge in [0.15, 0.2) is 11.8 Å². The third kappa shape index (κ3) is 1.91. The average molecular weight is 285 g/mol. The zero-order valence-electron chi connectivity index (χ0n) is 10.8. The molecular formula is C11H17N4O5+. The van der Waals surface area contributed by atoms with Crippen LogP contribution in [0.15, 0.2) is 6.33 Å². The van der Waals surface area contributed by atoms with Gasteiger partial charge in [0.2, 0.25) is 12.4 Å². The van der Waals surface area contributed by atoms with Crippen molar-refractivity contribution in [2.75, 3.05) is 6.61 Å². The molecule has 9 nitrogen and oxygen atoms in total. The van der Waals surface area contributed by atoms with Crippen LogP contribution in [0.4, 0.5) is 0 Å². The lowest BCUT2D eigenvalue weighted by Crippen LogP contribution is -2.49. The Labute approximate surface area is 114 Å². The summed E-state index contributed by atoms with van der Waals surface area (Å²) in [6.07, 6.45) is -2.08.